The first-order valence-electron chi connectivity index (χ1n) is 5.93. The Balaban J connectivity index is 2.11. The first-order valence-corrected chi connectivity index (χ1v) is 5.93. The summed E-state index contributed by atoms with van der Waals surface area (Å²) in [5.74, 6) is 0. The lowest BCUT2D eigenvalue weighted by molar-refractivity contribution is -0.384. The highest BCUT2D eigenvalue weighted by atomic mass is 16.6. The minimum absolute atomic E-state index is 0.143. The van der Waals surface area contributed by atoms with Crippen molar-refractivity contribution in [3.8, 4) is 0 Å². The molecule has 1 N–H and O–H groups in total. The maximum Gasteiger partial charge on any atom is 0.271 e. The summed E-state index contributed by atoms with van der Waals surface area (Å²) < 4.78 is 0. The van der Waals surface area contributed by atoms with Gasteiger partial charge in [0.15, 0.2) is 0 Å². The number of hydrazine groups is 1. The molecule has 0 atom stereocenters. The fourth-order valence-corrected chi connectivity index (χ4v) is 2.12. The van der Waals surface area contributed by atoms with Crippen molar-refractivity contribution in [1.82, 2.24) is 5.01 Å². The topological polar surface area (TPSA) is 58.4 Å². The van der Waals surface area contributed by atoms with E-state index in [1.807, 2.05) is 13.0 Å². The molecule has 1 saturated heterocycles. The molecule has 0 aliphatic carbocycles. The molecule has 5 heteroatoms. The van der Waals surface area contributed by atoms with Crippen LogP contribution in [0.1, 0.15) is 24.8 Å². The van der Waals surface area contributed by atoms with E-state index in [0.717, 1.165) is 24.3 Å². The molecule has 0 amide bonds. The van der Waals surface area contributed by atoms with E-state index in [4.69, 9.17) is 0 Å². The molecule has 0 radical (unpaired) electrons. The predicted molar refractivity (Wildman–Crippen MR) is 66.9 cm³/mol. The van der Waals surface area contributed by atoms with Crippen LogP contribution in [0.5, 0.6) is 0 Å². The third kappa shape index (κ3) is 3.17. The van der Waals surface area contributed by atoms with E-state index in [-0.39, 0.29) is 10.6 Å². The van der Waals surface area contributed by atoms with Gasteiger partial charge in [0, 0.05) is 25.2 Å². The molecule has 0 saturated carbocycles. The van der Waals surface area contributed by atoms with Crippen LogP contribution in [0, 0.1) is 17.0 Å². The molecule has 92 valence electrons. The molecule has 0 bridgehead atoms. The molecule has 1 heterocycles. The third-order valence-electron chi connectivity index (χ3n) is 2.92. The number of benzene rings is 1. The third-order valence-corrected chi connectivity index (χ3v) is 2.92. The van der Waals surface area contributed by atoms with Gasteiger partial charge in [0.1, 0.15) is 0 Å². The van der Waals surface area contributed by atoms with Gasteiger partial charge in [-0.15, -0.1) is 0 Å². The Morgan fingerprint density at radius 3 is 2.59 bits per heavy atom. The summed E-state index contributed by atoms with van der Waals surface area (Å²) in [5, 5.41) is 12.9. The smallest absolute Gasteiger partial charge is 0.271 e. The summed E-state index contributed by atoms with van der Waals surface area (Å²) in [4.78, 5) is 10.4. The molecular weight excluding hydrogens is 218 g/mol. The first kappa shape index (κ1) is 11.9. The highest BCUT2D eigenvalue weighted by Gasteiger charge is 2.12. The second-order valence-corrected chi connectivity index (χ2v) is 4.47. The Kier molecular flexibility index (Phi) is 3.58. The Morgan fingerprint density at radius 1 is 1.24 bits per heavy atom. The fraction of sp³-hybridized carbons (Fsp3) is 0.500. The number of piperidine rings is 1. The van der Waals surface area contributed by atoms with Gasteiger partial charge in [-0.05, 0) is 31.4 Å². The molecule has 17 heavy (non-hydrogen) atoms. The molecule has 1 aromatic carbocycles. The molecule has 1 aliphatic heterocycles. The Bertz CT molecular complexity index is 414. The lowest BCUT2D eigenvalue weighted by atomic mass is 10.1. The van der Waals surface area contributed by atoms with Gasteiger partial charge in [-0.3, -0.25) is 10.1 Å². The van der Waals surface area contributed by atoms with Crippen molar-refractivity contribution < 1.29 is 4.92 Å². The van der Waals surface area contributed by atoms with Crippen LogP contribution in [0.25, 0.3) is 0 Å². The number of nitro groups is 1. The molecule has 1 aliphatic rings. The number of non-ortho nitro benzene ring substituents is 1. The predicted octanol–water partition coefficient (Wildman–Crippen LogP) is 2.72. The Hall–Kier alpha value is -1.62. The minimum atomic E-state index is -0.353. The number of hydrogen-bond donors (Lipinski definition) is 1. The van der Waals surface area contributed by atoms with Gasteiger partial charge in [-0.1, -0.05) is 6.42 Å². The van der Waals surface area contributed by atoms with Gasteiger partial charge in [0.05, 0.1) is 10.6 Å². The highest BCUT2D eigenvalue weighted by molar-refractivity contribution is 5.53. The van der Waals surface area contributed by atoms with Gasteiger partial charge < -0.3 is 5.43 Å². The van der Waals surface area contributed by atoms with Crippen molar-refractivity contribution in [3.63, 3.8) is 0 Å². The second kappa shape index (κ2) is 5.14. The number of aryl methyl sites for hydroxylation is 1. The van der Waals surface area contributed by atoms with Crippen molar-refractivity contribution in [2.24, 2.45) is 0 Å². The van der Waals surface area contributed by atoms with Crippen LogP contribution in [0.4, 0.5) is 11.4 Å². The monoisotopic (exact) mass is 235 g/mol. The molecule has 2 rings (SSSR count). The van der Waals surface area contributed by atoms with E-state index in [2.05, 4.69) is 10.4 Å². The van der Waals surface area contributed by atoms with E-state index in [1.54, 1.807) is 12.1 Å². The molecular formula is C12H17N3O2. The van der Waals surface area contributed by atoms with Crippen molar-refractivity contribution >= 4 is 11.4 Å². The molecule has 1 fully saturated rings. The number of nitro benzene ring substituents is 1. The normalized spacial score (nSPS) is 16.8. The van der Waals surface area contributed by atoms with Crippen LogP contribution in [0.3, 0.4) is 0 Å². The number of anilines is 1. The maximum atomic E-state index is 10.8. The summed E-state index contributed by atoms with van der Waals surface area (Å²) in [6, 6.07) is 5.10. The summed E-state index contributed by atoms with van der Waals surface area (Å²) >= 11 is 0. The average molecular weight is 235 g/mol. The lowest BCUT2D eigenvalue weighted by Crippen LogP contribution is -2.34. The van der Waals surface area contributed by atoms with E-state index in [9.17, 15) is 10.1 Å². The molecule has 0 aromatic heterocycles. The zero-order chi connectivity index (χ0) is 12.3. The van der Waals surface area contributed by atoms with Gasteiger partial charge in [0.25, 0.3) is 5.69 Å². The van der Waals surface area contributed by atoms with E-state index >= 15 is 0 Å². The highest BCUT2D eigenvalue weighted by Crippen LogP contribution is 2.21. The van der Waals surface area contributed by atoms with Crippen molar-refractivity contribution in [2.75, 3.05) is 18.5 Å². The van der Waals surface area contributed by atoms with Crippen molar-refractivity contribution in [1.29, 1.82) is 0 Å². The lowest BCUT2D eigenvalue weighted by Gasteiger charge is -2.27. The largest absolute Gasteiger partial charge is 0.319 e. The van der Waals surface area contributed by atoms with Gasteiger partial charge >= 0.3 is 0 Å². The van der Waals surface area contributed by atoms with E-state index < -0.39 is 0 Å². The van der Waals surface area contributed by atoms with Crippen LogP contribution in [0.15, 0.2) is 18.2 Å². The second-order valence-electron chi connectivity index (χ2n) is 4.47. The van der Waals surface area contributed by atoms with Gasteiger partial charge in [0.2, 0.25) is 0 Å². The Morgan fingerprint density at radius 2 is 1.94 bits per heavy atom. The van der Waals surface area contributed by atoms with Gasteiger partial charge in [-0.2, -0.15) is 0 Å². The fourth-order valence-electron chi connectivity index (χ4n) is 2.12. The van der Waals surface area contributed by atoms with Crippen molar-refractivity contribution in [3.05, 3.63) is 33.9 Å². The number of rotatable bonds is 3. The van der Waals surface area contributed by atoms with Crippen LogP contribution in [0.2, 0.25) is 0 Å². The summed E-state index contributed by atoms with van der Waals surface area (Å²) in [7, 11) is 0. The average Bonchev–Trinajstić information content (AvgIpc) is 2.29. The summed E-state index contributed by atoms with van der Waals surface area (Å²) in [5.41, 5.74) is 5.09. The number of hydrogen-bond acceptors (Lipinski definition) is 4. The number of nitrogens with one attached hydrogen (secondary N) is 1. The molecule has 1 aromatic rings. The van der Waals surface area contributed by atoms with Crippen molar-refractivity contribution in [2.45, 2.75) is 26.2 Å². The molecule has 5 nitrogen and oxygen atoms in total. The van der Waals surface area contributed by atoms with Crippen LogP contribution in [-0.2, 0) is 0 Å². The first-order chi connectivity index (χ1) is 8.15. The van der Waals surface area contributed by atoms with Gasteiger partial charge in [-0.25, -0.2) is 5.01 Å². The zero-order valence-corrected chi connectivity index (χ0v) is 9.98. The quantitative estimate of drug-likeness (QED) is 0.646. The SMILES string of the molecule is Cc1cc(NN2CCCCC2)cc([N+](=O)[O-])c1. The van der Waals surface area contributed by atoms with Crippen LogP contribution in [-0.4, -0.2) is 23.0 Å². The minimum Gasteiger partial charge on any atom is -0.319 e. The summed E-state index contributed by atoms with van der Waals surface area (Å²) in [6.45, 7) is 3.87. The maximum absolute atomic E-state index is 10.8. The zero-order valence-electron chi connectivity index (χ0n) is 9.98. The Labute approximate surface area is 101 Å². The molecule has 0 spiro atoms. The van der Waals surface area contributed by atoms with Crippen LogP contribution < -0.4 is 5.43 Å². The van der Waals surface area contributed by atoms with E-state index in [0.29, 0.717) is 0 Å². The van der Waals surface area contributed by atoms with E-state index in [1.165, 1.54) is 19.3 Å². The summed E-state index contributed by atoms with van der Waals surface area (Å²) in [6.07, 6.45) is 3.63. The standard InChI is InChI=1S/C12H17N3O2/c1-10-7-11(9-12(8-10)15(16)17)13-14-5-3-2-4-6-14/h7-9,13H,2-6H2,1H3. The molecule has 0 unspecified atom stereocenters. The number of nitrogens with zero attached hydrogens (tertiary/aromatic N) is 2. The van der Waals surface area contributed by atoms with Crippen LogP contribution >= 0.6 is 0 Å².